The Morgan fingerprint density at radius 1 is 0.868 bits per heavy atom. The molecule has 2 fully saturated rings. The number of carbonyl (C=O) groups is 2. The highest BCUT2D eigenvalue weighted by atomic mass is 32.2. The number of amides is 2. The molecule has 2 saturated heterocycles. The summed E-state index contributed by atoms with van der Waals surface area (Å²) in [6.45, 7) is 9.88. The first-order chi connectivity index (χ1) is 18.1. The molecule has 9 heteroatoms. The number of benzene rings is 2. The minimum atomic E-state index is -3.73. The van der Waals surface area contributed by atoms with Crippen molar-refractivity contribution in [2.75, 3.05) is 55.6 Å². The number of aryl methyl sites for hydroxylation is 3. The fourth-order valence-corrected chi connectivity index (χ4v) is 7.63. The van der Waals surface area contributed by atoms with Crippen molar-refractivity contribution in [2.45, 2.75) is 51.3 Å². The maximum Gasteiger partial charge on any atom is 0.243 e. The number of fused-ring (bicyclic) bond motifs is 1. The highest BCUT2D eigenvalue weighted by Gasteiger charge is 2.36. The number of hydrogen-bond donors (Lipinski definition) is 0. The molecule has 1 atom stereocenters. The Bertz CT molecular complexity index is 1330. The van der Waals surface area contributed by atoms with E-state index in [1.807, 2.05) is 4.90 Å². The smallest absolute Gasteiger partial charge is 0.243 e. The summed E-state index contributed by atoms with van der Waals surface area (Å²) in [6.07, 6.45) is 2.94. The van der Waals surface area contributed by atoms with Gasteiger partial charge in [0.1, 0.15) is 0 Å². The van der Waals surface area contributed by atoms with Gasteiger partial charge in [-0.05, 0) is 80.5 Å². The topological polar surface area (TPSA) is 81.2 Å². The monoisotopic (exact) mass is 538 g/mol. The zero-order chi connectivity index (χ0) is 27.0. The van der Waals surface area contributed by atoms with Crippen LogP contribution < -0.4 is 9.80 Å². The van der Waals surface area contributed by atoms with Crippen molar-refractivity contribution in [3.05, 3.63) is 53.1 Å². The molecule has 0 aliphatic carbocycles. The SMILES string of the molecule is CC(=O)N1CCCc2cc(S(=O)(=O)N3CCC[C@H](C(=O)N4CCN(c5cc(C)ccc5C)CC4)C3)ccc21. The molecule has 3 aliphatic heterocycles. The number of anilines is 2. The molecule has 5 rings (SSSR count). The Labute approximate surface area is 226 Å². The predicted molar refractivity (Wildman–Crippen MR) is 149 cm³/mol. The number of sulfonamides is 1. The van der Waals surface area contributed by atoms with Crippen molar-refractivity contribution >= 4 is 33.2 Å². The summed E-state index contributed by atoms with van der Waals surface area (Å²) >= 11 is 0. The lowest BCUT2D eigenvalue weighted by molar-refractivity contribution is -0.137. The Hall–Kier alpha value is -2.91. The summed E-state index contributed by atoms with van der Waals surface area (Å²) in [6, 6.07) is 11.5. The Morgan fingerprint density at radius 3 is 2.37 bits per heavy atom. The highest BCUT2D eigenvalue weighted by molar-refractivity contribution is 7.89. The Morgan fingerprint density at radius 2 is 1.63 bits per heavy atom. The molecule has 2 amide bonds. The second-order valence-corrected chi connectivity index (χ2v) is 12.8. The van der Waals surface area contributed by atoms with Crippen LogP contribution in [0.1, 0.15) is 42.9 Å². The summed E-state index contributed by atoms with van der Waals surface area (Å²) in [5.41, 5.74) is 5.37. The van der Waals surface area contributed by atoms with Gasteiger partial charge < -0.3 is 14.7 Å². The van der Waals surface area contributed by atoms with E-state index in [2.05, 4.69) is 36.9 Å². The zero-order valence-electron chi connectivity index (χ0n) is 22.6. The summed E-state index contributed by atoms with van der Waals surface area (Å²) in [5, 5.41) is 0. The molecule has 0 bridgehead atoms. The van der Waals surface area contributed by atoms with E-state index in [-0.39, 0.29) is 29.2 Å². The average Bonchev–Trinajstić information content (AvgIpc) is 2.93. The number of carbonyl (C=O) groups excluding carboxylic acids is 2. The molecule has 2 aromatic carbocycles. The van der Waals surface area contributed by atoms with Crippen LogP contribution in [0, 0.1) is 19.8 Å². The van der Waals surface area contributed by atoms with E-state index in [9.17, 15) is 18.0 Å². The predicted octanol–water partition coefficient (Wildman–Crippen LogP) is 3.35. The lowest BCUT2D eigenvalue weighted by atomic mass is 9.97. The quantitative estimate of drug-likeness (QED) is 0.597. The first-order valence-corrected chi connectivity index (χ1v) is 15.1. The van der Waals surface area contributed by atoms with Gasteiger partial charge in [0.25, 0.3) is 0 Å². The van der Waals surface area contributed by atoms with Crippen molar-refractivity contribution < 1.29 is 18.0 Å². The van der Waals surface area contributed by atoms with Gasteiger partial charge in [0.05, 0.1) is 10.8 Å². The number of nitrogens with zero attached hydrogens (tertiary/aromatic N) is 4. The minimum Gasteiger partial charge on any atom is -0.368 e. The van der Waals surface area contributed by atoms with Crippen LogP contribution in [0.5, 0.6) is 0 Å². The van der Waals surface area contributed by atoms with Crippen LogP contribution in [0.25, 0.3) is 0 Å². The van der Waals surface area contributed by atoms with Crippen LogP contribution in [0.15, 0.2) is 41.3 Å². The van der Waals surface area contributed by atoms with Crippen LogP contribution in [0.2, 0.25) is 0 Å². The normalized spacial score (nSPS) is 20.8. The minimum absolute atomic E-state index is 0.0335. The van der Waals surface area contributed by atoms with Gasteiger partial charge in [0, 0.05) is 64.1 Å². The van der Waals surface area contributed by atoms with Gasteiger partial charge in [-0.1, -0.05) is 12.1 Å². The molecule has 0 N–H and O–H groups in total. The third-order valence-electron chi connectivity index (χ3n) is 8.22. The molecule has 38 heavy (non-hydrogen) atoms. The standard InChI is InChI=1S/C29H38N4O4S/c1-21-8-9-22(2)28(18-21)30-14-16-31(17-15-30)29(35)25-7-4-12-32(20-25)38(36,37)26-10-11-27-24(19-26)6-5-13-33(27)23(3)34/h8-11,18-19,25H,4-7,12-17,20H2,1-3H3/t25-/m0/s1. The van der Waals surface area contributed by atoms with E-state index in [0.717, 1.165) is 37.2 Å². The van der Waals surface area contributed by atoms with Crippen molar-refractivity contribution in [1.29, 1.82) is 0 Å². The third-order valence-corrected chi connectivity index (χ3v) is 10.1. The zero-order valence-corrected chi connectivity index (χ0v) is 23.5. The Balaban J connectivity index is 1.25. The van der Waals surface area contributed by atoms with Crippen LogP contribution in [-0.2, 0) is 26.0 Å². The summed E-state index contributed by atoms with van der Waals surface area (Å²) in [5.74, 6) is -0.293. The van der Waals surface area contributed by atoms with E-state index in [1.54, 1.807) is 23.1 Å². The van der Waals surface area contributed by atoms with Crippen LogP contribution in [0.3, 0.4) is 0 Å². The molecule has 0 saturated carbocycles. The van der Waals surface area contributed by atoms with Crippen molar-refractivity contribution in [1.82, 2.24) is 9.21 Å². The van der Waals surface area contributed by atoms with E-state index < -0.39 is 10.0 Å². The molecule has 3 aliphatic rings. The van der Waals surface area contributed by atoms with E-state index in [4.69, 9.17) is 0 Å². The molecule has 0 unspecified atom stereocenters. The Kier molecular flexibility index (Phi) is 7.51. The summed E-state index contributed by atoms with van der Waals surface area (Å²) in [7, 11) is -3.73. The molecule has 0 aromatic heterocycles. The van der Waals surface area contributed by atoms with Gasteiger partial charge in [-0.25, -0.2) is 8.42 Å². The largest absolute Gasteiger partial charge is 0.368 e. The summed E-state index contributed by atoms with van der Waals surface area (Å²) < 4.78 is 28.7. The molecule has 0 radical (unpaired) electrons. The second-order valence-electron chi connectivity index (χ2n) is 10.9. The van der Waals surface area contributed by atoms with Gasteiger partial charge in [-0.2, -0.15) is 4.31 Å². The molecule has 3 heterocycles. The molecule has 8 nitrogen and oxygen atoms in total. The molecule has 0 spiro atoms. The first kappa shape index (κ1) is 26.7. The number of piperidine rings is 1. The number of piperazine rings is 1. The van der Waals surface area contributed by atoms with E-state index >= 15 is 0 Å². The van der Waals surface area contributed by atoms with Gasteiger partial charge in [-0.15, -0.1) is 0 Å². The fourth-order valence-electron chi connectivity index (χ4n) is 6.06. The average molecular weight is 539 g/mol. The first-order valence-electron chi connectivity index (χ1n) is 13.7. The fraction of sp³-hybridized carbons (Fsp3) is 0.517. The maximum absolute atomic E-state index is 13.6. The lowest BCUT2D eigenvalue weighted by Crippen LogP contribution is -2.53. The van der Waals surface area contributed by atoms with Gasteiger partial charge >= 0.3 is 0 Å². The molecular formula is C29H38N4O4S. The second kappa shape index (κ2) is 10.7. The molecule has 2 aromatic rings. The molecular weight excluding hydrogens is 500 g/mol. The maximum atomic E-state index is 13.6. The van der Waals surface area contributed by atoms with Crippen molar-refractivity contribution in [3.63, 3.8) is 0 Å². The van der Waals surface area contributed by atoms with Crippen LogP contribution in [0.4, 0.5) is 11.4 Å². The number of hydrogen-bond acceptors (Lipinski definition) is 5. The lowest BCUT2D eigenvalue weighted by Gasteiger charge is -2.40. The van der Waals surface area contributed by atoms with Gasteiger partial charge in [0.2, 0.25) is 21.8 Å². The number of rotatable bonds is 4. The van der Waals surface area contributed by atoms with Gasteiger partial charge in [-0.3, -0.25) is 9.59 Å². The van der Waals surface area contributed by atoms with Crippen molar-refractivity contribution in [3.8, 4) is 0 Å². The molecule has 204 valence electrons. The van der Waals surface area contributed by atoms with Gasteiger partial charge in [0.15, 0.2) is 0 Å². The van der Waals surface area contributed by atoms with Crippen molar-refractivity contribution in [2.24, 2.45) is 5.92 Å². The highest BCUT2D eigenvalue weighted by Crippen LogP contribution is 2.32. The van der Waals surface area contributed by atoms with E-state index in [0.29, 0.717) is 39.0 Å². The third kappa shape index (κ3) is 5.18. The summed E-state index contributed by atoms with van der Waals surface area (Å²) in [4.78, 5) is 31.7. The van der Waals surface area contributed by atoms with Crippen LogP contribution in [-0.4, -0.2) is 75.3 Å². The van der Waals surface area contributed by atoms with Crippen LogP contribution >= 0.6 is 0 Å². The van der Waals surface area contributed by atoms with E-state index in [1.165, 1.54) is 28.0 Å².